The molecule has 0 aromatic heterocycles. The Morgan fingerprint density at radius 1 is 0.851 bits per heavy atom. The van der Waals surface area contributed by atoms with Gasteiger partial charge in [-0.2, -0.15) is 13.2 Å². The topological polar surface area (TPSA) is 86.8 Å². The van der Waals surface area contributed by atoms with Crippen molar-refractivity contribution in [3.05, 3.63) is 131 Å². The molecule has 1 N–H and O–H groups in total. The van der Waals surface area contributed by atoms with Crippen LogP contribution in [0.2, 0.25) is 5.02 Å². The highest BCUT2D eigenvalue weighted by Gasteiger charge is 2.36. The maximum atomic E-state index is 14.5. The minimum atomic E-state index is -4.77. The lowest BCUT2D eigenvalue weighted by Gasteiger charge is -2.34. The van der Waals surface area contributed by atoms with E-state index < -0.39 is 46.2 Å². The van der Waals surface area contributed by atoms with E-state index in [1.54, 1.807) is 54.6 Å². The van der Waals surface area contributed by atoms with Crippen molar-refractivity contribution >= 4 is 39.1 Å². The van der Waals surface area contributed by atoms with Crippen LogP contribution in [0.5, 0.6) is 0 Å². The molecule has 0 bridgehead atoms. The van der Waals surface area contributed by atoms with Gasteiger partial charge in [-0.15, -0.1) is 0 Å². The number of anilines is 1. The third-order valence-corrected chi connectivity index (χ3v) is 9.61. The average Bonchev–Trinajstić information content (AvgIpc) is 3.05. The lowest BCUT2D eigenvalue weighted by molar-refractivity contribution is -0.140. The van der Waals surface area contributed by atoms with Gasteiger partial charge in [0.05, 0.1) is 16.1 Å². The maximum Gasteiger partial charge on any atom is 0.416 e. The molecule has 4 aromatic rings. The third-order valence-electron chi connectivity index (χ3n) is 7.59. The number of nitrogens with one attached hydrogen (secondary N) is 1. The SMILES string of the molecule is CC[C@@H](C)NC(=O)[C@@H](Cc1ccccc1)N(Cc1cccc(Cl)c1)C(=O)CN(c1cccc(C(F)(F)F)c1)S(=O)(=O)c1ccccc1. The molecule has 7 nitrogen and oxygen atoms in total. The van der Waals surface area contributed by atoms with Crippen molar-refractivity contribution in [2.24, 2.45) is 0 Å². The molecule has 2 atom stereocenters. The van der Waals surface area contributed by atoms with E-state index in [1.807, 2.05) is 19.9 Å². The standard InChI is InChI=1S/C35H35ClF3N3O4S/c1-3-25(2)40-34(44)32(21-26-12-6-4-7-13-26)41(23-27-14-10-16-29(36)20-27)33(43)24-42(47(45,46)31-18-8-5-9-19-31)30-17-11-15-28(22-30)35(37,38)39/h4-20,22,25,32H,3,21,23-24H2,1-2H3,(H,40,44)/t25-,32-/m1/s1. The van der Waals surface area contributed by atoms with Gasteiger partial charge in [0.2, 0.25) is 11.8 Å². The molecule has 2 amide bonds. The molecule has 4 rings (SSSR count). The van der Waals surface area contributed by atoms with Crippen LogP contribution in [0.1, 0.15) is 37.0 Å². The molecule has 4 aromatic carbocycles. The Labute approximate surface area is 278 Å². The van der Waals surface area contributed by atoms with Gasteiger partial charge in [-0.1, -0.05) is 85.3 Å². The van der Waals surface area contributed by atoms with Crippen LogP contribution in [0.4, 0.5) is 18.9 Å². The van der Waals surface area contributed by atoms with E-state index in [9.17, 15) is 31.2 Å². The molecular formula is C35H35ClF3N3O4S. The molecular weight excluding hydrogens is 651 g/mol. The Balaban J connectivity index is 1.84. The summed E-state index contributed by atoms with van der Waals surface area (Å²) >= 11 is 6.25. The van der Waals surface area contributed by atoms with Crippen molar-refractivity contribution in [3.63, 3.8) is 0 Å². The van der Waals surface area contributed by atoms with E-state index in [4.69, 9.17) is 11.6 Å². The molecule has 0 aliphatic rings. The second-order valence-corrected chi connectivity index (χ2v) is 13.3. The van der Waals surface area contributed by atoms with Crippen LogP contribution in [-0.4, -0.2) is 43.8 Å². The summed E-state index contributed by atoms with van der Waals surface area (Å²) in [5.74, 6) is -1.27. The predicted octanol–water partition coefficient (Wildman–Crippen LogP) is 7.11. The van der Waals surface area contributed by atoms with Gasteiger partial charge < -0.3 is 10.2 Å². The molecule has 0 heterocycles. The van der Waals surface area contributed by atoms with E-state index in [2.05, 4.69) is 5.32 Å². The largest absolute Gasteiger partial charge is 0.416 e. The van der Waals surface area contributed by atoms with Crippen molar-refractivity contribution in [2.45, 2.75) is 56.4 Å². The molecule has 0 aliphatic heterocycles. The molecule has 0 saturated carbocycles. The van der Waals surface area contributed by atoms with E-state index in [0.29, 0.717) is 27.4 Å². The average molecular weight is 686 g/mol. The van der Waals surface area contributed by atoms with Gasteiger partial charge in [-0.05, 0) is 66.9 Å². The molecule has 12 heteroatoms. The fourth-order valence-corrected chi connectivity index (χ4v) is 6.55. The fraction of sp³-hybridized carbons (Fsp3) is 0.257. The fourth-order valence-electron chi connectivity index (χ4n) is 4.91. The van der Waals surface area contributed by atoms with Crippen molar-refractivity contribution < 1.29 is 31.2 Å². The number of sulfonamides is 1. The summed E-state index contributed by atoms with van der Waals surface area (Å²) in [5.41, 5.74) is -0.131. The van der Waals surface area contributed by atoms with Gasteiger partial charge in [-0.25, -0.2) is 8.42 Å². The zero-order chi connectivity index (χ0) is 34.2. The highest BCUT2D eigenvalue weighted by atomic mass is 35.5. The number of alkyl halides is 3. The van der Waals surface area contributed by atoms with Crippen LogP contribution in [0.3, 0.4) is 0 Å². The monoisotopic (exact) mass is 685 g/mol. The molecule has 0 aliphatic carbocycles. The number of nitrogens with zero attached hydrogens (tertiary/aromatic N) is 2. The number of benzene rings is 4. The highest BCUT2D eigenvalue weighted by Crippen LogP contribution is 2.33. The smallest absolute Gasteiger partial charge is 0.352 e. The van der Waals surface area contributed by atoms with Gasteiger partial charge in [0.25, 0.3) is 10.0 Å². The first kappa shape index (κ1) is 35.5. The van der Waals surface area contributed by atoms with Crippen molar-refractivity contribution in [1.29, 1.82) is 0 Å². The molecule has 47 heavy (non-hydrogen) atoms. The Morgan fingerprint density at radius 2 is 1.47 bits per heavy atom. The zero-order valence-corrected chi connectivity index (χ0v) is 27.4. The molecule has 0 fully saturated rings. The number of carbonyl (C=O) groups is 2. The number of rotatable bonds is 13. The number of carbonyl (C=O) groups excluding carboxylic acids is 2. The van der Waals surface area contributed by atoms with E-state index in [-0.39, 0.29) is 29.6 Å². The minimum absolute atomic E-state index is 0.0877. The first-order valence-electron chi connectivity index (χ1n) is 14.9. The Morgan fingerprint density at radius 3 is 2.09 bits per heavy atom. The van der Waals surface area contributed by atoms with Crippen LogP contribution in [0.25, 0.3) is 0 Å². The Hall–Kier alpha value is -4.35. The zero-order valence-electron chi connectivity index (χ0n) is 25.8. The van der Waals surface area contributed by atoms with Crippen molar-refractivity contribution in [1.82, 2.24) is 10.2 Å². The van der Waals surface area contributed by atoms with Gasteiger partial charge >= 0.3 is 6.18 Å². The summed E-state index contributed by atoms with van der Waals surface area (Å²) in [6.07, 6.45) is -4.06. The van der Waals surface area contributed by atoms with E-state index in [1.165, 1.54) is 35.2 Å². The molecule has 0 radical (unpaired) electrons. The number of hydrogen-bond donors (Lipinski definition) is 1. The summed E-state index contributed by atoms with van der Waals surface area (Å²) in [6, 6.07) is 25.2. The summed E-state index contributed by atoms with van der Waals surface area (Å²) in [7, 11) is -4.56. The Bertz CT molecular complexity index is 1770. The van der Waals surface area contributed by atoms with E-state index in [0.717, 1.165) is 17.7 Å². The van der Waals surface area contributed by atoms with Crippen LogP contribution in [0, 0.1) is 0 Å². The predicted molar refractivity (Wildman–Crippen MR) is 176 cm³/mol. The van der Waals surface area contributed by atoms with Crippen LogP contribution in [-0.2, 0) is 38.8 Å². The Kier molecular flexibility index (Phi) is 11.7. The molecule has 248 valence electrons. The minimum Gasteiger partial charge on any atom is -0.352 e. The number of hydrogen-bond acceptors (Lipinski definition) is 4. The summed E-state index contributed by atoms with van der Waals surface area (Å²) < 4.78 is 69.9. The van der Waals surface area contributed by atoms with E-state index >= 15 is 0 Å². The third kappa shape index (κ3) is 9.36. The maximum absolute atomic E-state index is 14.5. The summed E-state index contributed by atoms with van der Waals surface area (Å²) in [5, 5.41) is 3.32. The molecule has 0 unspecified atom stereocenters. The molecule has 0 spiro atoms. The van der Waals surface area contributed by atoms with Gasteiger partial charge in [0.1, 0.15) is 12.6 Å². The van der Waals surface area contributed by atoms with Crippen LogP contribution < -0.4 is 9.62 Å². The second kappa shape index (κ2) is 15.5. The number of halogens is 4. The normalized spacial score (nSPS) is 13.0. The van der Waals surface area contributed by atoms with Gasteiger partial charge in [-0.3, -0.25) is 13.9 Å². The second-order valence-electron chi connectivity index (χ2n) is 11.0. The van der Waals surface area contributed by atoms with Crippen molar-refractivity contribution in [3.8, 4) is 0 Å². The lowest BCUT2D eigenvalue weighted by Crippen LogP contribution is -2.54. The van der Waals surface area contributed by atoms with Crippen LogP contribution in [0.15, 0.2) is 114 Å². The highest BCUT2D eigenvalue weighted by molar-refractivity contribution is 7.92. The van der Waals surface area contributed by atoms with Gasteiger partial charge in [0.15, 0.2) is 0 Å². The summed E-state index contributed by atoms with van der Waals surface area (Å²) in [6.45, 7) is 2.70. The summed E-state index contributed by atoms with van der Waals surface area (Å²) in [4.78, 5) is 29.4. The number of amides is 2. The lowest BCUT2D eigenvalue weighted by atomic mass is 10.0. The van der Waals surface area contributed by atoms with Crippen molar-refractivity contribution in [2.75, 3.05) is 10.8 Å². The van der Waals surface area contributed by atoms with Crippen LogP contribution >= 0.6 is 11.6 Å². The first-order valence-corrected chi connectivity index (χ1v) is 16.7. The quantitative estimate of drug-likeness (QED) is 0.163. The first-order chi connectivity index (χ1) is 22.3. The molecule has 0 saturated heterocycles. The van der Waals surface area contributed by atoms with Gasteiger partial charge in [0, 0.05) is 24.0 Å².